The van der Waals surface area contributed by atoms with Gasteiger partial charge in [-0.25, -0.2) is 14.2 Å². The summed E-state index contributed by atoms with van der Waals surface area (Å²) in [4.78, 5) is 18.6. The number of anilines is 2. The van der Waals surface area contributed by atoms with E-state index in [1.165, 1.54) is 19.2 Å². The van der Waals surface area contributed by atoms with E-state index in [9.17, 15) is 9.18 Å². The number of nitriles is 1. The summed E-state index contributed by atoms with van der Waals surface area (Å²) in [5, 5.41) is 11.9. The second kappa shape index (κ2) is 5.77. The Morgan fingerprint density at radius 2 is 2.22 bits per heavy atom. The molecule has 23 heavy (non-hydrogen) atoms. The van der Waals surface area contributed by atoms with E-state index in [1.807, 2.05) is 6.07 Å². The Hall–Kier alpha value is -3.40. The van der Waals surface area contributed by atoms with Crippen molar-refractivity contribution >= 4 is 28.6 Å². The van der Waals surface area contributed by atoms with Crippen LogP contribution in [-0.4, -0.2) is 23.0 Å². The number of imidazole rings is 1. The van der Waals surface area contributed by atoms with Crippen molar-refractivity contribution in [3.63, 3.8) is 0 Å². The molecule has 3 aromatic rings. The van der Waals surface area contributed by atoms with Crippen molar-refractivity contribution in [2.75, 3.05) is 12.4 Å². The predicted molar refractivity (Wildman–Crippen MR) is 81.8 cm³/mol. The highest BCUT2D eigenvalue weighted by Gasteiger charge is 2.12. The molecule has 114 valence electrons. The monoisotopic (exact) mass is 310 g/mol. The Morgan fingerprint density at radius 1 is 1.39 bits per heavy atom. The molecule has 0 unspecified atom stereocenters. The van der Waals surface area contributed by atoms with Gasteiger partial charge in [-0.2, -0.15) is 5.26 Å². The minimum absolute atomic E-state index is 0.118. The lowest BCUT2D eigenvalue weighted by Gasteiger charge is -2.06. The Labute approximate surface area is 130 Å². The Kier molecular flexibility index (Phi) is 3.65. The number of rotatable bonds is 3. The van der Waals surface area contributed by atoms with Crippen molar-refractivity contribution in [1.29, 1.82) is 5.26 Å². The molecule has 2 aromatic carbocycles. The van der Waals surface area contributed by atoms with Gasteiger partial charge in [-0.15, -0.1) is 0 Å². The molecule has 0 atom stereocenters. The molecule has 0 fully saturated rings. The third-order valence-corrected chi connectivity index (χ3v) is 3.28. The fraction of sp³-hybridized carbons (Fsp3) is 0.0625. The van der Waals surface area contributed by atoms with Crippen molar-refractivity contribution in [1.82, 2.24) is 9.97 Å². The number of fused-ring (bicyclic) bond motifs is 1. The van der Waals surface area contributed by atoms with Crippen LogP contribution in [0.1, 0.15) is 15.9 Å². The van der Waals surface area contributed by atoms with Crippen LogP contribution >= 0.6 is 0 Å². The zero-order valence-corrected chi connectivity index (χ0v) is 12.1. The summed E-state index contributed by atoms with van der Waals surface area (Å²) < 4.78 is 18.6. The maximum atomic E-state index is 14.1. The summed E-state index contributed by atoms with van der Waals surface area (Å²) in [5.74, 6) is -0.931. The number of benzene rings is 2. The van der Waals surface area contributed by atoms with Gasteiger partial charge in [0, 0.05) is 0 Å². The van der Waals surface area contributed by atoms with E-state index in [1.54, 1.807) is 18.2 Å². The quantitative estimate of drug-likeness (QED) is 0.725. The molecule has 3 rings (SSSR count). The minimum Gasteiger partial charge on any atom is -0.465 e. The molecule has 1 aromatic heterocycles. The molecule has 0 saturated heterocycles. The number of nitrogens with zero attached hydrogens (tertiary/aromatic N) is 2. The number of aromatic amines is 1. The first-order chi connectivity index (χ1) is 11.1. The average molecular weight is 310 g/mol. The van der Waals surface area contributed by atoms with Crippen LogP contribution in [0.15, 0.2) is 36.4 Å². The van der Waals surface area contributed by atoms with Gasteiger partial charge in [-0.1, -0.05) is 6.07 Å². The number of hydrogen-bond acceptors (Lipinski definition) is 5. The summed E-state index contributed by atoms with van der Waals surface area (Å²) in [6.45, 7) is 0. The molecule has 0 aliphatic rings. The zero-order valence-electron chi connectivity index (χ0n) is 12.1. The standard InChI is InChI=1S/C16H11FN4O2/c1-23-15(22)9-5-6-12(11(17)7-9)19-16-20-13-4-2-3-10(8-18)14(13)21-16/h2-7H,1H3,(H2,19,20,21). The van der Waals surface area contributed by atoms with E-state index in [2.05, 4.69) is 20.0 Å². The maximum Gasteiger partial charge on any atom is 0.337 e. The highest BCUT2D eigenvalue weighted by Crippen LogP contribution is 2.23. The van der Waals surface area contributed by atoms with Crippen molar-refractivity contribution in [3.05, 3.63) is 53.3 Å². The normalized spacial score (nSPS) is 10.3. The van der Waals surface area contributed by atoms with Crippen LogP contribution in [0.25, 0.3) is 11.0 Å². The molecule has 0 amide bonds. The smallest absolute Gasteiger partial charge is 0.337 e. The largest absolute Gasteiger partial charge is 0.465 e. The van der Waals surface area contributed by atoms with Crippen LogP contribution in [-0.2, 0) is 4.74 Å². The number of carbonyl (C=O) groups is 1. The van der Waals surface area contributed by atoms with Gasteiger partial charge in [0.1, 0.15) is 17.4 Å². The molecule has 2 N–H and O–H groups in total. The molecule has 1 heterocycles. The first-order valence-electron chi connectivity index (χ1n) is 6.66. The van der Waals surface area contributed by atoms with Gasteiger partial charge >= 0.3 is 5.97 Å². The molecule has 0 aliphatic heterocycles. The number of esters is 1. The van der Waals surface area contributed by atoms with Crippen molar-refractivity contribution in [3.8, 4) is 6.07 Å². The Balaban J connectivity index is 1.93. The van der Waals surface area contributed by atoms with Crippen molar-refractivity contribution in [2.24, 2.45) is 0 Å². The first-order valence-corrected chi connectivity index (χ1v) is 6.66. The van der Waals surface area contributed by atoms with E-state index in [0.29, 0.717) is 22.5 Å². The molecule has 0 radical (unpaired) electrons. The van der Waals surface area contributed by atoms with Gasteiger partial charge in [0.05, 0.1) is 29.4 Å². The van der Waals surface area contributed by atoms with Gasteiger partial charge in [0.15, 0.2) is 0 Å². The van der Waals surface area contributed by atoms with Gasteiger partial charge in [0.2, 0.25) is 5.95 Å². The number of H-pyrrole nitrogens is 1. The van der Waals surface area contributed by atoms with Crippen LogP contribution < -0.4 is 5.32 Å². The Morgan fingerprint density at radius 3 is 2.91 bits per heavy atom. The number of hydrogen-bond donors (Lipinski definition) is 2. The zero-order chi connectivity index (χ0) is 16.4. The second-order valence-electron chi connectivity index (χ2n) is 4.71. The molecule has 0 bridgehead atoms. The summed E-state index contributed by atoms with van der Waals surface area (Å²) in [6.07, 6.45) is 0. The number of nitrogens with one attached hydrogen (secondary N) is 2. The van der Waals surface area contributed by atoms with Gasteiger partial charge in [-0.05, 0) is 30.3 Å². The number of para-hydroxylation sites is 1. The van der Waals surface area contributed by atoms with Crippen LogP contribution in [0, 0.1) is 17.1 Å². The fourth-order valence-electron chi connectivity index (χ4n) is 2.17. The summed E-state index contributed by atoms with van der Waals surface area (Å²) >= 11 is 0. The molecule has 0 aliphatic carbocycles. The topological polar surface area (TPSA) is 90.8 Å². The van der Waals surface area contributed by atoms with Crippen LogP contribution in [0.2, 0.25) is 0 Å². The van der Waals surface area contributed by atoms with Crippen molar-refractivity contribution in [2.45, 2.75) is 0 Å². The van der Waals surface area contributed by atoms with E-state index < -0.39 is 11.8 Å². The molecular weight excluding hydrogens is 299 g/mol. The van der Waals surface area contributed by atoms with Crippen molar-refractivity contribution < 1.29 is 13.9 Å². The van der Waals surface area contributed by atoms with Gasteiger partial charge in [-0.3, -0.25) is 0 Å². The van der Waals surface area contributed by atoms with Gasteiger partial charge < -0.3 is 15.0 Å². The molecule has 6 nitrogen and oxygen atoms in total. The average Bonchev–Trinajstić information content (AvgIpc) is 2.98. The SMILES string of the molecule is COC(=O)c1ccc(Nc2nc3c(C#N)cccc3[nH]2)c(F)c1. The number of halogens is 1. The Bertz CT molecular complexity index is 943. The third-order valence-electron chi connectivity index (χ3n) is 3.28. The second-order valence-corrected chi connectivity index (χ2v) is 4.71. The number of carbonyl (C=O) groups excluding carboxylic acids is 1. The fourth-order valence-corrected chi connectivity index (χ4v) is 2.17. The molecule has 0 saturated carbocycles. The van der Waals surface area contributed by atoms with E-state index in [0.717, 1.165) is 6.07 Å². The molecule has 0 spiro atoms. The first kappa shape index (κ1) is 14.5. The third kappa shape index (κ3) is 2.70. The molecule has 7 heteroatoms. The number of methoxy groups -OCH3 is 1. The molecular formula is C16H11FN4O2. The number of ether oxygens (including phenoxy) is 1. The predicted octanol–water partition coefficient (Wildman–Crippen LogP) is 3.10. The summed E-state index contributed by atoms with van der Waals surface area (Å²) in [5.41, 5.74) is 1.86. The number of aromatic nitrogens is 2. The van der Waals surface area contributed by atoms with E-state index >= 15 is 0 Å². The highest BCUT2D eigenvalue weighted by atomic mass is 19.1. The lowest BCUT2D eigenvalue weighted by Crippen LogP contribution is -2.03. The summed E-state index contributed by atoms with van der Waals surface area (Å²) in [7, 11) is 1.23. The van der Waals surface area contributed by atoms with E-state index in [-0.39, 0.29) is 11.3 Å². The highest BCUT2D eigenvalue weighted by molar-refractivity contribution is 5.90. The van der Waals surface area contributed by atoms with Gasteiger partial charge in [0.25, 0.3) is 0 Å². The lowest BCUT2D eigenvalue weighted by atomic mass is 10.2. The lowest BCUT2D eigenvalue weighted by molar-refractivity contribution is 0.0600. The van der Waals surface area contributed by atoms with Crippen LogP contribution in [0.3, 0.4) is 0 Å². The maximum absolute atomic E-state index is 14.1. The van der Waals surface area contributed by atoms with E-state index in [4.69, 9.17) is 5.26 Å². The summed E-state index contributed by atoms with van der Waals surface area (Å²) in [6, 6.07) is 11.1. The van der Waals surface area contributed by atoms with Crippen LogP contribution in [0.5, 0.6) is 0 Å². The minimum atomic E-state index is -0.617. The van der Waals surface area contributed by atoms with Crippen LogP contribution in [0.4, 0.5) is 16.0 Å².